The van der Waals surface area contributed by atoms with Gasteiger partial charge in [0.1, 0.15) is 5.82 Å². The molecule has 2 heterocycles. The highest BCUT2D eigenvalue weighted by molar-refractivity contribution is 9.10. The smallest absolute Gasteiger partial charge is 0.252 e. The average Bonchev–Trinajstić information content (AvgIpc) is 3.03. The number of benzene rings is 1. The van der Waals surface area contributed by atoms with Crippen molar-refractivity contribution in [3.05, 3.63) is 45.4 Å². The average molecular weight is 349 g/mol. The van der Waals surface area contributed by atoms with E-state index in [1.54, 1.807) is 0 Å². The van der Waals surface area contributed by atoms with E-state index >= 15 is 0 Å². The van der Waals surface area contributed by atoms with Gasteiger partial charge in [0.05, 0.1) is 6.04 Å². The minimum atomic E-state index is -0.157. The summed E-state index contributed by atoms with van der Waals surface area (Å²) >= 11 is 3.40. The Hall–Kier alpha value is -1.69. The first-order chi connectivity index (χ1) is 10.1. The Morgan fingerprint density at radius 2 is 2.24 bits per heavy atom. The Labute approximate surface area is 131 Å². The molecule has 0 saturated carbocycles. The van der Waals surface area contributed by atoms with Crippen LogP contribution in [0.5, 0.6) is 0 Å². The van der Waals surface area contributed by atoms with Crippen LogP contribution >= 0.6 is 15.9 Å². The number of aryl methyl sites for hydroxylation is 2. The molecule has 110 valence electrons. The fourth-order valence-electron chi connectivity index (χ4n) is 2.67. The van der Waals surface area contributed by atoms with E-state index in [1.165, 1.54) is 0 Å². The van der Waals surface area contributed by atoms with Gasteiger partial charge in [-0.1, -0.05) is 22.0 Å². The van der Waals surface area contributed by atoms with E-state index in [2.05, 4.69) is 36.0 Å². The van der Waals surface area contributed by atoms with E-state index in [0.717, 1.165) is 41.1 Å². The summed E-state index contributed by atoms with van der Waals surface area (Å²) in [6, 6.07) is 5.54. The van der Waals surface area contributed by atoms with Crippen LogP contribution in [0.15, 0.2) is 22.7 Å². The van der Waals surface area contributed by atoms with Gasteiger partial charge in [0.25, 0.3) is 5.91 Å². The van der Waals surface area contributed by atoms with E-state index in [1.807, 2.05) is 32.0 Å². The Kier molecular flexibility index (Phi) is 3.80. The number of fused-ring (bicyclic) bond motifs is 1. The number of hydrogen-bond acceptors (Lipinski definition) is 3. The SMILES string of the molecule is Cc1ccc(Br)cc1C(=O)NC(C)c1nnc2n1CCC2. The van der Waals surface area contributed by atoms with Crippen molar-refractivity contribution in [2.45, 2.75) is 39.3 Å². The van der Waals surface area contributed by atoms with Crippen LogP contribution in [0.3, 0.4) is 0 Å². The maximum Gasteiger partial charge on any atom is 0.252 e. The van der Waals surface area contributed by atoms with E-state index in [-0.39, 0.29) is 11.9 Å². The topological polar surface area (TPSA) is 59.8 Å². The molecule has 0 bridgehead atoms. The second-order valence-electron chi connectivity index (χ2n) is 5.38. The normalized spacial score (nSPS) is 14.8. The van der Waals surface area contributed by atoms with Crippen LogP contribution in [0.2, 0.25) is 0 Å². The molecule has 1 N–H and O–H groups in total. The number of hydrogen-bond donors (Lipinski definition) is 1. The van der Waals surface area contributed by atoms with Crippen LogP contribution in [0.25, 0.3) is 0 Å². The molecule has 3 rings (SSSR count). The van der Waals surface area contributed by atoms with Crippen molar-refractivity contribution >= 4 is 21.8 Å². The molecule has 0 saturated heterocycles. The van der Waals surface area contributed by atoms with Crippen molar-refractivity contribution in [2.75, 3.05) is 0 Å². The molecule has 0 radical (unpaired) electrons. The zero-order chi connectivity index (χ0) is 15.0. The van der Waals surface area contributed by atoms with E-state index < -0.39 is 0 Å². The summed E-state index contributed by atoms with van der Waals surface area (Å²) in [7, 11) is 0. The number of carbonyl (C=O) groups is 1. The maximum atomic E-state index is 12.4. The van der Waals surface area contributed by atoms with Crippen LogP contribution in [0.4, 0.5) is 0 Å². The first kappa shape index (κ1) is 14.3. The molecule has 1 unspecified atom stereocenters. The molecule has 1 aromatic heterocycles. The first-order valence-corrected chi connectivity index (χ1v) is 7.84. The van der Waals surface area contributed by atoms with Gasteiger partial charge in [0, 0.05) is 23.0 Å². The summed E-state index contributed by atoms with van der Waals surface area (Å²) in [4.78, 5) is 12.4. The Bertz CT molecular complexity index is 695. The van der Waals surface area contributed by atoms with Crippen LogP contribution in [-0.2, 0) is 13.0 Å². The summed E-state index contributed by atoms with van der Waals surface area (Å²) in [5, 5.41) is 11.4. The summed E-state index contributed by atoms with van der Waals surface area (Å²) in [6.07, 6.45) is 2.07. The van der Waals surface area contributed by atoms with Crippen molar-refractivity contribution in [3.63, 3.8) is 0 Å². The van der Waals surface area contributed by atoms with Crippen molar-refractivity contribution < 1.29 is 4.79 Å². The maximum absolute atomic E-state index is 12.4. The molecular weight excluding hydrogens is 332 g/mol. The third-order valence-corrected chi connectivity index (χ3v) is 4.31. The number of carbonyl (C=O) groups excluding carboxylic acids is 1. The number of rotatable bonds is 3. The highest BCUT2D eigenvalue weighted by Crippen LogP contribution is 2.20. The summed E-state index contributed by atoms with van der Waals surface area (Å²) in [5.74, 6) is 1.77. The molecule has 1 aromatic carbocycles. The van der Waals surface area contributed by atoms with Gasteiger partial charge in [-0.2, -0.15) is 0 Å². The molecule has 1 aliphatic rings. The molecule has 2 aromatic rings. The second-order valence-corrected chi connectivity index (χ2v) is 6.30. The van der Waals surface area contributed by atoms with Crippen molar-refractivity contribution in [1.82, 2.24) is 20.1 Å². The molecule has 0 fully saturated rings. The van der Waals surface area contributed by atoms with Crippen LogP contribution in [-0.4, -0.2) is 20.7 Å². The molecule has 1 amide bonds. The third-order valence-electron chi connectivity index (χ3n) is 3.82. The zero-order valence-electron chi connectivity index (χ0n) is 12.1. The minimum Gasteiger partial charge on any atom is -0.342 e. The largest absolute Gasteiger partial charge is 0.342 e. The standard InChI is InChI=1S/C15H17BrN4O/c1-9-5-6-11(16)8-12(9)15(21)17-10(2)14-19-18-13-4-3-7-20(13)14/h5-6,8,10H,3-4,7H2,1-2H3,(H,17,21). The number of halogens is 1. The molecule has 5 nitrogen and oxygen atoms in total. The predicted octanol–water partition coefficient (Wildman–Crippen LogP) is 2.79. The molecule has 0 spiro atoms. The van der Waals surface area contributed by atoms with Crippen molar-refractivity contribution in [1.29, 1.82) is 0 Å². The molecule has 1 aliphatic heterocycles. The highest BCUT2D eigenvalue weighted by Gasteiger charge is 2.23. The van der Waals surface area contributed by atoms with Crippen LogP contribution < -0.4 is 5.32 Å². The lowest BCUT2D eigenvalue weighted by Gasteiger charge is -2.15. The van der Waals surface area contributed by atoms with Gasteiger partial charge in [-0.25, -0.2) is 0 Å². The van der Waals surface area contributed by atoms with Gasteiger partial charge >= 0.3 is 0 Å². The van der Waals surface area contributed by atoms with Gasteiger partial charge in [0.2, 0.25) is 0 Å². The molecule has 0 aliphatic carbocycles. The number of aromatic nitrogens is 3. The number of amides is 1. The second kappa shape index (κ2) is 5.60. The van der Waals surface area contributed by atoms with E-state index in [9.17, 15) is 4.79 Å². The molecular formula is C15H17BrN4O. The zero-order valence-corrected chi connectivity index (χ0v) is 13.6. The monoisotopic (exact) mass is 348 g/mol. The summed E-state index contributed by atoms with van der Waals surface area (Å²) < 4.78 is 3.01. The van der Waals surface area contributed by atoms with Gasteiger partial charge in [0.15, 0.2) is 5.82 Å². The summed E-state index contributed by atoms with van der Waals surface area (Å²) in [6.45, 7) is 4.81. The molecule has 6 heteroatoms. The number of nitrogens with zero attached hydrogens (tertiary/aromatic N) is 3. The van der Waals surface area contributed by atoms with E-state index in [4.69, 9.17) is 0 Å². The Balaban J connectivity index is 1.79. The van der Waals surface area contributed by atoms with Crippen molar-refractivity contribution in [3.8, 4) is 0 Å². The Morgan fingerprint density at radius 3 is 3.05 bits per heavy atom. The van der Waals surface area contributed by atoms with Gasteiger partial charge < -0.3 is 9.88 Å². The lowest BCUT2D eigenvalue weighted by atomic mass is 10.1. The fourth-order valence-corrected chi connectivity index (χ4v) is 3.03. The first-order valence-electron chi connectivity index (χ1n) is 7.05. The van der Waals surface area contributed by atoms with E-state index in [0.29, 0.717) is 5.56 Å². The highest BCUT2D eigenvalue weighted by atomic mass is 79.9. The summed E-state index contributed by atoms with van der Waals surface area (Å²) in [5.41, 5.74) is 1.63. The molecule has 21 heavy (non-hydrogen) atoms. The fraction of sp³-hybridized carbons (Fsp3) is 0.400. The van der Waals surface area contributed by atoms with Crippen molar-refractivity contribution in [2.24, 2.45) is 0 Å². The van der Waals surface area contributed by atoms with Crippen LogP contribution in [0.1, 0.15) is 47.0 Å². The lowest BCUT2D eigenvalue weighted by Crippen LogP contribution is -2.29. The Morgan fingerprint density at radius 1 is 1.43 bits per heavy atom. The predicted molar refractivity (Wildman–Crippen MR) is 83.1 cm³/mol. The van der Waals surface area contributed by atoms with Gasteiger partial charge in [-0.15, -0.1) is 10.2 Å². The van der Waals surface area contributed by atoms with Gasteiger partial charge in [-0.05, 0) is 38.0 Å². The number of nitrogens with one attached hydrogen (secondary N) is 1. The van der Waals surface area contributed by atoms with Gasteiger partial charge in [-0.3, -0.25) is 4.79 Å². The lowest BCUT2D eigenvalue weighted by molar-refractivity contribution is 0.0937. The minimum absolute atomic E-state index is 0.0864. The third kappa shape index (κ3) is 2.72. The van der Waals surface area contributed by atoms with Crippen LogP contribution in [0, 0.1) is 6.92 Å². The molecule has 1 atom stereocenters. The quantitative estimate of drug-likeness (QED) is 0.927.